The van der Waals surface area contributed by atoms with Crippen LogP contribution in [-0.4, -0.2) is 22.0 Å². The van der Waals surface area contributed by atoms with Crippen molar-refractivity contribution in [2.75, 3.05) is 0 Å². The van der Waals surface area contributed by atoms with Gasteiger partial charge in [-0.05, 0) is 13.0 Å². The highest BCUT2D eigenvalue weighted by Crippen LogP contribution is 1.77. The first-order valence-corrected chi connectivity index (χ1v) is 2.26. The van der Waals surface area contributed by atoms with Gasteiger partial charge in [0.25, 0.3) is 0 Å². The number of carboxylic acids is 1. The van der Waals surface area contributed by atoms with Gasteiger partial charge in [0.05, 0.1) is 5.71 Å². The second kappa shape index (κ2) is 3.65. The number of rotatable bonds is 2. The Balaban J connectivity index is 3.86. The molecule has 0 bridgehead atoms. The van der Waals surface area contributed by atoms with Gasteiger partial charge in [0, 0.05) is 6.08 Å². The number of oxime groups is 1. The van der Waals surface area contributed by atoms with E-state index < -0.39 is 5.97 Å². The number of aliphatic carboxylic acids is 1. The van der Waals surface area contributed by atoms with Gasteiger partial charge in [-0.3, -0.25) is 0 Å². The third kappa shape index (κ3) is 4.53. The van der Waals surface area contributed by atoms with Crippen LogP contribution in [0.4, 0.5) is 0 Å². The predicted molar refractivity (Wildman–Crippen MR) is 31.7 cm³/mol. The second-order valence-corrected chi connectivity index (χ2v) is 1.41. The molecule has 9 heavy (non-hydrogen) atoms. The third-order valence-corrected chi connectivity index (χ3v) is 0.625. The highest BCUT2D eigenvalue weighted by molar-refractivity contribution is 5.97. The van der Waals surface area contributed by atoms with Crippen LogP contribution in [0.2, 0.25) is 0 Å². The van der Waals surface area contributed by atoms with Crippen LogP contribution >= 0.6 is 0 Å². The topological polar surface area (TPSA) is 69.9 Å². The van der Waals surface area contributed by atoms with E-state index in [9.17, 15) is 4.79 Å². The Kier molecular flexibility index (Phi) is 3.12. The summed E-state index contributed by atoms with van der Waals surface area (Å²) in [4.78, 5) is 9.80. The van der Waals surface area contributed by atoms with E-state index in [1.807, 2.05) is 0 Å². The van der Waals surface area contributed by atoms with Gasteiger partial charge in [-0.15, -0.1) is 0 Å². The molecule has 0 aromatic rings. The van der Waals surface area contributed by atoms with Gasteiger partial charge < -0.3 is 10.3 Å². The summed E-state index contributed by atoms with van der Waals surface area (Å²) in [6, 6.07) is 0. The van der Waals surface area contributed by atoms with Crippen molar-refractivity contribution in [2.45, 2.75) is 6.92 Å². The Morgan fingerprint density at radius 1 is 1.56 bits per heavy atom. The Morgan fingerprint density at radius 3 is 2.44 bits per heavy atom. The van der Waals surface area contributed by atoms with E-state index in [-0.39, 0.29) is 5.71 Å². The molecular weight excluding hydrogens is 122 g/mol. The molecule has 0 rings (SSSR count). The zero-order valence-corrected chi connectivity index (χ0v) is 4.90. The minimum absolute atomic E-state index is 0.261. The molecule has 0 unspecified atom stereocenters. The molecule has 0 fully saturated rings. The zero-order chi connectivity index (χ0) is 7.28. The molecule has 0 atom stereocenters. The van der Waals surface area contributed by atoms with Crippen molar-refractivity contribution in [3.8, 4) is 0 Å². The Labute approximate surface area is 52.1 Å². The van der Waals surface area contributed by atoms with Crippen molar-refractivity contribution in [3.63, 3.8) is 0 Å². The van der Waals surface area contributed by atoms with Crippen molar-refractivity contribution in [2.24, 2.45) is 5.16 Å². The van der Waals surface area contributed by atoms with E-state index in [1.54, 1.807) is 0 Å². The van der Waals surface area contributed by atoms with E-state index >= 15 is 0 Å². The van der Waals surface area contributed by atoms with Gasteiger partial charge in [-0.1, -0.05) is 5.16 Å². The fraction of sp³-hybridized carbons (Fsp3) is 0.200. The van der Waals surface area contributed by atoms with Gasteiger partial charge in [-0.25, -0.2) is 4.79 Å². The standard InChI is InChI=1S/C5H7NO3/c1-4(6-9)2-3-5(7)8/h2-3,9H,1H3,(H,7,8)/b3-2+,6-4+. The van der Waals surface area contributed by atoms with Gasteiger partial charge in [-0.2, -0.15) is 0 Å². The SMILES string of the molecule is CC(/C=C/C(=O)O)=N\O. The predicted octanol–water partition coefficient (Wildman–Crippen LogP) is 0.477. The van der Waals surface area contributed by atoms with Gasteiger partial charge >= 0.3 is 5.97 Å². The summed E-state index contributed by atoms with van der Waals surface area (Å²) < 4.78 is 0. The maximum absolute atomic E-state index is 9.80. The summed E-state index contributed by atoms with van der Waals surface area (Å²) in [5.74, 6) is -1.06. The number of nitrogens with zero attached hydrogens (tertiary/aromatic N) is 1. The maximum atomic E-state index is 9.80. The lowest BCUT2D eigenvalue weighted by Crippen LogP contribution is -1.90. The molecule has 0 aliphatic heterocycles. The largest absolute Gasteiger partial charge is 0.478 e. The van der Waals surface area contributed by atoms with Crippen molar-refractivity contribution in [1.29, 1.82) is 0 Å². The maximum Gasteiger partial charge on any atom is 0.328 e. The van der Waals surface area contributed by atoms with Crippen molar-refractivity contribution < 1.29 is 15.1 Å². The summed E-state index contributed by atoms with van der Waals surface area (Å²) in [6.45, 7) is 1.49. The molecule has 4 nitrogen and oxygen atoms in total. The molecule has 0 saturated carbocycles. The summed E-state index contributed by atoms with van der Waals surface area (Å²) >= 11 is 0. The molecule has 0 spiro atoms. The van der Waals surface area contributed by atoms with Crippen LogP contribution in [0.15, 0.2) is 17.3 Å². The molecule has 4 heteroatoms. The smallest absolute Gasteiger partial charge is 0.328 e. The first-order valence-electron chi connectivity index (χ1n) is 2.26. The minimum atomic E-state index is -1.06. The number of allylic oxidation sites excluding steroid dienone is 1. The minimum Gasteiger partial charge on any atom is -0.478 e. The van der Waals surface area contributed by atoms with Crippen LogP contribution in [0.5, 0.6) is 0 Å². The fourth-order valence-electron chi connectivity index (χ4n) is 0.225. The van der Waals surface area contributed by atoms with Gasteiger partial charge in [0.2, 0.25) is 0 Å². The molecule has 50 valence electrons. The van der Waals surface area contributed by atoms with Crippen LogP contribution in [0.1, 0.15) is 6.92 Å². The van der Waals surface area contributed by atoms with Crippen LogP contribution in [-0.2, 0) is 4.79 Å². The van der Waals surface area contributed by atoms with E-state index in [0.717, 1.165) is 6.08 Å². The van der Waals surface area contributed by atoms with Gasteiger partial charge in [0.15, 0.2) is 0 Å². The Bertz CT molecular complexity index is 160. The summed E-state index contributed by atoms with van der Waals surface area (Å²) in [5.41, 5.74) is 0.261. The Hall–Kier alpha value is -1.32. The average Bonchev–Trinajstić information content (AvgIpc) is 1.83. The highest BCUT2D eigenvalue weighted by atomic mass is 16.4. The quantitative estimate of drug-likeness (QED) is 0.246. The number of carboxylic acid groups (broad SMARTS) is 1. The lowest BCUT2D eigenvalue weighted by Gasteiger charge is -1.81. The lowest BCUT2D eigenvalue weighted by atomic mass is 10.4. The molecule has 0 radical (unpaired) electrons. The van der Waals surface area contributed by atoms with Crippen LogP contribution in [0.3, 0.4) is 0 Å². The monoisotopic (exact) mass is 129 g/mol. The third-order valence-electron chi connectivity index (χ3n) is 0.625. The van der Waals surface area contributed by atoms with Crippen LogP contribution in [0.25, 0.3) is 0 Å². The van der Waals surface area contributed by atoms with Gasteiger partial charge in [0.1, 0.15) is 0 Å². The highest BCUT2D eigenvalue weighted by Gasteiger charge is 1.85. The number of hydrogen-bond donors (Lipinski definition) is 2. The molecule has 2 N–H and O–H groups in total. The van der Waals surface area contributed by atoms with E-state index in [4.69, 9.17) is 10.3 Å². The lowest BCUT2D eigenvalue weighted by molar-refractivity contribution is -0.131. The normalized spacial score (nSPS) is 12.3. The number of hydrogen-bond acceptors (Lipinski definition) is 3. The fourth-order valence-corrected chi connectivity index (χ4v) is 0.225. The summed E-state index contributed by atoms with van der Waals surface area (Å²) in [7, 11) is 0. The summed E-state index contributed by atoms with van der Waals surface area (Å²) in [5, 5.41) is 18.8. The Morgan fingerprint density at radius 2 is 2.11 bits per heavy atom. The molecule has 0 amide bonds. The molecular formula is C5H7NO3. The summed E-state index contributed by atoms with van der Waals surface area (Å²) in [6.07, 6.45) is 2.09. The molecule has 0 saturated heterocycles. The van der Waals surface area contributed by atoms with Crippen LogP contribution in [0, 0.1) is 0 Å². The zero-order valence-electron chi connectivity index (χ0n) is 4.90. The molecule has 0 aliphatic carbocycles. The first-order chi connectivity index (χ1) is 4.16. The molecule has 0 aliphatic rings. The van der Waals surface area contributed by atoms with E-state index in [2.05, 4.69) is 5.16 Å². The first kappa shape index (κ1) is 7.68. The van der Waals surface area contributed by atoms with E-state index in [0.29, 0.717) is 0 Å². The number of carbonyl (C=O) groups is 1. The van der Waals surface area contributed by atoms with Crippen molar-refractivity contribution in [1.82, 2.24) is 0 Å². The molecule has 0 heterocycles. The molecule has 0 aromatic heterocycles. The van der Waals surface area contributed by atoms with Crippen molar-refractivity contribution in [3.05, 3.63) is 12.2 Å². The average molecular weight is 129 g/mol. The second-order valence-electron chi connectivity index (χ2n) is 1.41. The van der Waals surface area contributed by atoms with Crippen molar-refractivity contribution >= 4 is 11.7 Å². The van der Waals surface area contributed by atoms with Crippen LogP contribution < -0.4 is 0 Å². The molecule has 0 aromatic carbocycles. The van der Waals surface area contributed by atoms with E-state index in [1.165, 1.54) is 13.0 Å².